The van der Waals surface area contributed by atoms with Crippen LogP contribution in [0.15, 0.2) is 30.5 Å². The molecule has 0 spiro atoms. The first kappa shape index (κ1) is 13.3. The van der Waals surface area contributed by atoms with Crippen LogP contribution in [0.3, 0.4) is 0 Å². The van der Waals surface area contributed by atoms with Crippen LogP contribution in [-0.2, 0) is 23.1 Å². The van der Waals surface area contributed by atoms with E-state index in [9.17, 15) is 4.79 Å². The van der Waals surface area contributed by atoms with Gasteiger partial charge in [0.15, 0.2) is 0 Å². The molecule has 0 amide bonds. The Morgan fingerprint density at radius 2 is 2.16 bits per heavy atom. The first-order valence-corrected chi connectivity index (χ1v) is 5.86. The molecule has 0 saturated carbocycles. The average Bonchev–Trinajstić information content (AvgIpc) is 2.79. The van der Waals surface area contributed by atoms with E-state index < -0.39 is 0 Å². The number of carbonyl (C=O) groups excluding carboxylic acids is 1. The summed E-state index contributed by atoms with van der Waals surface area (Å²) in [6, 6.07) is 7.28. The molecule has 0 unspecified atom stereocenters. The van der Waals surface area contributed by atoms with Gasteiger partial charge in [-0.1, -0.05) is 12.1 Å². The number of esters is 1. The Hall–Kier alpha value is -2.14. The number of carbonyl (C=O) groups is 1. The highest BCUT2D eigenvalue weighted by molar-refractivity contribution is 5.90. The molecule has 19 heavy (non-hydrogen) atoms. The normalized spacial score (nSPS) is 10.5. The van der Waals surface area contributed by atoms with Crippen molar-refractivity contribution in [3.63, 3.8) is 0 Å². The molecule has 0 atom stereocenters. The van der Waals surface area contributed by atoms with E-state index in [0.717, 1.165) is 16.8 Å². The molecule has 0 aliphatic rings. The van der Waals surface area contributed by atoms with Gasteiger partial charge in [-0.15, -0.1) is 0 Å². The van der Waals surface area contributed by atoms with E-state index in [1.807, 2.05) is 19.2 Å². The van der Waals surface area contributed by atoms with Crippen LogP contribution < -0.4 is 0 Å². The van der Waals surface area contributed by atoms with Crippen molar-refractivity contribution in [2.75, 3.05) is 14.2 Å². The second-order valence-corrected chi connectivity index (χ2v) is 4.15. The van der Waals surface area contributed by atoms with Crippen LogP contribution in [-0.4, -0.2) is 30.0 Å². The van der Waals surface area contributed by atoms with Crippen molar-refractivity contribution in [1.29, 1.82) is 0 Å². The van der Waals surface area contributed by atoms with Gasteiger partial charge in [0.1, 0.15) is 0 Å². The van der Waals surface area contributed by atoms with Crippen LogP contribution in [0.1, 0.15) is 15.9 Å². The van der Waals surface area contributed by atoms with E-state index in [0.29, 0.717) is 12.2 Å². The first-order valence-electron chi connectivity index (χ1n) is 5.86. The molecule has 5 nitrogen and oxygen atoms in total. The number of aryl methyl sites for hydroxylation is 1. The number of rotatable bonds is 4. The molecule has 0 N–H and O–H groups in total. The SMILES string of the molecule is COCc1cnn(C)c1-c1cccc(C(=O)OC)c1. The Labute approximate surface area is 111 Å². The van der Waals surface area contributed by atoms with Crippen LogP contribution in [0.25, 0.3) is 11.3 Å². The van der Waals surface area contributed by atoms with Gasteiger partial charge in [-0.05, 0) is 12.1 Å². The number of methoxy groups -OCH3 is 2. The molecule has 5 heteroatoms. The van der Waals surface area contributed by atoms with Crippen LogP contribution in [0.5, 0.6) is 0 Å². The summed E-state index contributed by atoms with van der Waals surface area (Å²) in [5.41, 5.74) is 3.35. The molecule has 0 saturated heterocycles. The quantitative estimate of drug-likeness (QED) is 0.789. The van der Waals surface area contributed by atoms with Gasteiger partial charge < -0.3 is 9.47 Å². The summed E-state index contributed by atoms with van der Waals surface area (Å²) in [7, 11) is 4.87. The van der Waals surface area contributed by atoms with E-state index in [-0.39, 0.29) is 5.97 Å². The largest absolute Gasteiger partial charge is 0.465 e. The lowest BCUT2D eigenvalue weighted by atomic mass is 10.1. The van der Waals surface area contributed by atoms with Crippen LogP contribution in [0.2, 0.25) is 0 Å². The second-order valence-electron chi connectivity index (χ2n) is 4.15. The average molecular weight is 260 g/mol. The Morgan fingerprint density at radius 1 is 1.37 bits per heavy atom. The maximum absolute atomic E-state index is 11.6. The molecule has 2 rings (SSSR count). The monoisotopic (exact) mass is 260 g/mol. The highest BCUT2D eigenvalue weighted by atomic mass is 16.5. The van der Waals surface area contributed by atoms with Crippen molar-refractivity contribution in [2.45, 2.75) is 6.61 Å². The topological polar surface area (TPSA) is 53.4 Å². The smallest absolute Gasteiger partial charge is 0.337 e. The summed E-state index contributed by atoms with van der Waals surface area (Å²) in [4.78, 5) is 11.6. The lowest BCUT2D eigenvalue weighted by Gasteiger charge is -2.07. The summed E-state index contributed by atoms with van der Waals surface area (Å²) >= 11 is 0. The summed E-state index contributed by atoms with van der Waals surface area (Å²) in [6.45, 7) is 0.478. The molecule has 0 bridgehead atoms. The van der Waals surface area contributed by atoms with E-state index in [1.165, 1.54) is 7.11 Å². The van der Waals surface area contributed by atoms with Crippen molar-refractivity contribution in [3.05, 3.63) is 41.6 Å². The maximum atomic E-state index is 11.6. The van der Waals surface area contributed by atoms with Crippen molar-refractivity contribution < 1.29 is 14.3 Å². The Kier molecular flexibility index (Phi) is 3.97. The zero-order valence-electron chi connectivity index (χ0n) is 11.2. The number of ether oxygens (including phenoxy) is 2. The lowest BCUT2D eigenvalue weighted by molar-refractivity contribution is 0.0601. The Morgan fingerprint density at radius 3 is 2.84 bits per heavy atom. The molecule has 0 fully saturated rings. The Balaban J connectivity index is 2.47. The molecule has 1 aromatic heterocycles. The highest BCUT2D eigenvalue weighted by Gasteiger charge is 2.13. The van der Waals surface area contributed by atoms with E-state index >= 15 is 0 Å². The summed E-state index contributed by atoms with van der Waals surface area (Å²) < 4.78 is 11.7. The molecule has 100 valence electrons. The van der Waals surface area contributed by atoms with Crippen molar-refractivity contribution in [3.8, 4) is 11.3 Å². The summed E-state index contributed by atoms with van der Waals surface area (Å²) in [6.07, 6.45) is 1.77. The van der Waals surface area contributed by atoms with Gasteiger partial charge in [-0.25, -0.2) is 4.79 Å². The minimum atomic E-state index is -0.350. The summed E-state index contributed by atoms with van der Waals surface area (Å²) in [5.74, 6) is -0.350. The third kappa shape index (κ3) is 2.66. The van der Waals surface area contributed by atoms with Gasteiger partial charge in [0, 0.05) is 25.3 Å². The molecule has 1 heterocycles. The van der Waals surface area contributed by atoms with Crippen LogP contribution in [0.4, 0.5) is 0 Å². The molecular formula is C14H16N2O3. The maximum Gasteiger partial charge on any atom is 0.337 e. The lowest BCUT2D eigenvalue weighted by Crippen LogP contribution is -2.02. The van der Waals surface area contributed by atoms with E-state index in [4.69, 9.17) is 9.47 Å². The van der Waals surface area contributed by atoms with Gasteiger partial charge in [-0.3, -0.25) is 4.68 Å². The standard InChI is InChI=1S/C14H16N2O3/c1-16-13(12(8-15-16)9-18-2)10-5-4-6-11(7-10)14(17)19-3/h4-8H,9H2,1-3H3. The number of aromatic nitrogens is 2. The fourth-order valence-electron chi connectivity index (χ4n) is 2.03. The molecule has 0 aliphatic heterocycles. The van der Waals surface area contributed by atoms with Crippen LogP contribution in [0, 0.1) is 0 Å². The Bertz CT molecular complexity index is 590. The summed E-state index contributed by atoms with van der Waals surface area (Å²) in [5, 5.41) is 4.23. The molecular weight excluding hydrogens is 244 g/mol. The highest BCUT2D eigenvalue weighted by Crippen LogP contribution is 2.24. The zero-order valence-corrected chi connectivity index (χ0v) is 11.2. The number of benzene rings is 1. The van der Waals surface area contributed by atoms with Gasteiger partial charge >= 0.3 is 5.97 Å². The van der Waals surface area contributed by atoms with Gasteiger partial charge in [0.05, 0.1) is 31.2 Å². The van der Waals surface area contributed by atoms with Crippen molar-refractivity contribution in [1.82, 2.24) is 9.78 Å². The minimum Gasteiger partial charge on any atom is -0.465 e. The number of nitrogens with zero attached hydrogens (tertiary/aromatic N) is 2. The van der Waals surface area contributed by atoms with Gasteiger partial charge in [0.25, 0.3) is 0 Å². The molecule has 0 radical (unpaired) electrons. The second kappa shape index (κ2) is 5.67. The third-order valence-electron chi connectivity index (χ3n) is 2.87. The van der Waals surface area contributed by atoms with Gasteiger partial charge in [0.2, 0.25) is 0 Å². The predicted octanol–water partition coefficient (Wildman–Crippen LogP) is 2.02. The third-order valence-corrected chi connectivity index (χ3v) is 2.87. The molecule has 1 aromatic carbocycles. The fraction of sp³-hybridized carbons (Fsp3) is 0.286. The van der Waals surface area contributed by atoms with E-state index in [1.54, 1.807) is 30.1 Å². The minimum absolute atomic E-state index is 0.350. The molecule has 0 aliphatic carbocycles. The van der Waals surface area contributed by atoms with E-state index in [2.05, 4.69) is 5.10 Å². The number of hydrogen-bond acceptors (Lipinski definition) is 4. The number of hydrogen-bond donors (Lipinski definition) is 0. The first-order chi connectivity index (χ1) is 9.17. The van der Waals surface area contributed by atoms with Crippen molar-refractivity contribution in [2.24, 2.45) is 7.05 Å². The van der Waals surface area contributed by atoms with Crippen LogP contribution >= 0.6 is 0 Å². The fourth-order valence-corrected chi connectivity index (χ4v) is 2.03. The zero-order chi connectivity index (χ0) is 13.8. The molecule has 2 aromatic rings. The predicted molar refractivity (Wildman–Crippen MR) is 70.7 cm³/mol. The van der Waals surface area contributed by atoms with Crippen molar-refractivity contribution >= 4 is 5.97 Å². The van der Waals surface area contributed by atoms with Gasteiger partial charge in [-0.2, -0.15) is 5.10 Å².